The van der Waals surface area contributed by atoms with Crippen molar-refractivity contribution in [2.45, 2.75) is 58.3 Å². The van der Waals surface area contributed by atoms with Gasteiger partial charge in [-0.15, -0.1) is 0 Å². The molecule has 0 unspecified atom stereocenters. The Kier molecular flexibility index (Phi) is 6.99. The van der Waals surface area contributed by atoms with Crippen LogP contribution >= 0.6 is 0 Å². The predicted molar refractivity (Wildman–Crippen MR) is 124 cm³/mol. The lowest BCUT2D eigenvalue weighted by Gasteiger charge is -2.28. The Hall–Kier alpha value is -3.96. The van der Waals surface area contributed by atoms with Crippen molar-refractivity contribution in [2.24, 2.45) is 5.92 Å². The summed E-state index contributed by atoms with van der Waals surface area (Å²) >= 11 is 0. The number of anilines is 1. The van der Waals surface area contributed by atoms with E-state index in [0.717, 1.165) is 5.56 Å². The fourth-order valence-electron chi connectivity index (χ4n) is 4.36. The second kappa shape index (κ2) is 10.1. The standard InChI is InChI=1S/C23H29N7O5/c1-4-12(2)19(26-13(3)31)22(33)27-16-11-35-18-7-5-6-14-8-17(30(20(14)18)23(16)34)21(32)24-9-15-10-25-29-28-15/h5-7,10,12,16-17,19H,4,8-9,11H2,1-3H3,(H,24,32)(H,26,31)(H,27,33)(H,25,28,29)/t12-,16-,17-,19-/m0/s1. The van der Waals surface area contributed by atoms with Crippen LogP contribution < -0.4 is 25.6 Å². The van der Waals surface area contributed by atoms with Crippen LogP contribution in [0.5, 0.6) is 5.75 Å². The highest BCUT2D eigenvalue weighted by Crippen LogP contribution is 2.42. The number of para-hydroxylation sites is 1. The zero-order chi connectivity index (χ0) is 25.1. The van der Waals surface area contributed by atoms with Crippen molar-refractivity contribution in [3.05, 3.63) is 35.7 Å². The molecule has 4 amide bonds. The number of aromatic amines is 1. The second-order valence-corrected chi connectivity index (χ2v) is 8.81. The van der Waals surface area contributed by atoms with E-state index in [0.29, 0.717) is 30.0 Å². The Bertz CT molecular complexity index is 1120. The summed E-state index contributed by atoms with van der Waals surface area (Å²) in [5.41, 5.74) is 1.90. The summed E-state index contributed by atoms with van der Waals surface area (Å²) in [7, 11) is 0. The summed E-state index contributed by atoms with van der Waals surface area (Å²) in [6.45, 7) is 5.16. The quantitative estimate of drug-likeness (QED) is 0.405. The van der Waals surface area contributed by atoms with E-state index in [2.05, 4.69) is 31.4 Å². The predicted octanol–water partition coefficient (Wildman–Crippen LogP) is -0.193. The van der Waals surface area contributed by atoms with E-state index >= 15 is 0 Å². The lowest BCUT2D eigenvalue weighted by molar-refractivity contribution is -0.133. The van der Waals surface area contributed by atoms with Gasteiger partial charge in [-0.05, 0) is 17.5 Å². The molecule has 0 saturated heterocycles. The van der Waals surface area contributed by atoms with Gasteiger partial charge in [0.05, 0.1) is 18.4 Å². The summed E-state index contributed by atoms with van der Waals surface area (Å²) < 4.78 is 5.90. The number of benzene rings is 1. The second-order valence-electron chi connectivity index (χ2n) is 8.81. The van der Waals surface area contributed by atoms with Crippen LogP contribution in [0.15, 0.2) is 24.4 Å². The third kappa shape index (κ3) is 4.96. The van der Waals surface area contributed by atoms with Crippen molar-refractivity contribution < 1.29 is 23.9 Å². The first kappa shape index (κ1) is 24.2. The summed E-state index contributed by atoms with van der Waals surface area (Å²) in [4.78, 5) is 53.0. The molecule has 2 aliphatic rings. The van der Waals surface area contributed by atoms with Crippen molar-refractivity contribution >= 4 is 29.3 Å². The Balaban J connectivity index is 1.56. The minimum Gasteiger partial charge on any atom is -0.489 e. The van der Waals surface area contributed by atoms with Gasteiger partial charge in [0.1, 0.15) is 36.2 Å². The van der Waals surface area contributed by atoms with Crippen molar-refractivity contribution in [1.29, 1.82) is 0 Å². The van der Waals surface area contributed by atoms with Crippen LogP contribution in [0.1, 0.15) is 38.4 Å². The van der Waals surface area contributed by atoms with E-state index in [9.17, 15) is 19.2 Å². The number of ether oxygens (including phenoxy) is 1. The van der Waals surface area contributed by atoms with Crippen LogP contribution in [-0.2, 0) is 32.1 Å². The van der Waals surface area contributed by atoms with Crippen LogP contribution in [-0.4, -0.2) is 63.8 Å². The molecule has 4 rings (SSSR count). The van der Waals surface area contributed by atoms with E-state index in [-0.39, 0.29) is 30.9 Å². The summed E-state index contributed by atoms with van der Waals surface area (Å²) in [5.74, 6) is -1.30. The van der Waals surface area contributed by atoms with Gasteiger partial charge in [-0.3, -0.25) is 24.1 Å². The number of hydrogen-bond acceptors (Lipinski definition) is 7. The molecular formula is C23H29N7O5. The van der Waals surface area contributed by atoms with Gasteiger partial charge in [0.25, 0.3) is 5.91 Å². The summed E-state index contributed by atoms with van der Waals surface area (Å²) in [6.07, 6.45) is 2.47. The van der Waals surface area contributed by atoms with E-state index < -0.39 is 29.9 Å². The van der Waals surface area contributed by atoms with Gasteiger partial charge >= 0.3 is 0 Å². The lowest BCUT2D eigenvalue weighted by atomic mass is 9.98. The third-order valence-electron chi connectivity index (χ3n) is 6.37. The average molecular weight is 484 g/mol. The Morgan fingerprint density at radius 3 is 2.80 bits per heavy atom. The van der Waals surface area contributed by atoms with Crippen LogP contribution in [0.4, 0.5) is 5.69 Å². The molecule has 4 N–H and O–H groups in total. The molecule has 0 aliphatic carbocycles. The van der Waals surface area contributed by atoms with Gasteiger partial charge in [-0.2, -0.15) is 15.4 Å². The molecule has 12 heteroatoms. The highest BCUT2D eigenvalue weighted by molar-refractivity contribution is 6.08. The summed E-state index contributed by atoms with van der Waals surface area (Å²) in [5, 5.41) is 18.3. The van der Waals surface area contributed by atoms with Crippen LogP contribution in [0.2, 0.25) is 0 Å². The number of amides is 4. The Labute approximate surface area is 202 Å². The maximum absolute atomic E-state index is 13.7. The number of carbonyl (C=O) groups excluding carboxylic acids is 4. The first-order valence-corrected chi connectivity index (χ1v) is 11.6. The molecule has 0 saturated carbocycles. The molecule has 1 aromatic carbocycles. The molecule has 2 aromatic rings. The molecule has 1 aromatic heterocycles. The van der Waals surface area contributed by atoms with Gasteiger partial charge < -0.3 is 20.7 Å². The lowest BCUT2D eigenvalue weighted by Crippen LogP contribution is -2.59. The average Bonchev–Trinajstić information content (AvgIpc) is 3.47. The van der Waals surface area contributed by atoms with Gasteiger partial charge in [-0.25, -0.2) is 0 Å². The van der Waals surface area contributed by atoms with Crippen LogP contribution in [0.25, 0.3) is 0 Å². The van der Waals surface area contributed by atoms with Gasteiger partial charge in [-0.1, -0.05) is 32.4 Å². The molecule has 3 heterocycles. The van der Waals surface area contributed by atoms with Crippen molar-refractivity contribution in [2.75, 3.05) is 11.5 Å². The highest BCUT2D eigenvalue weighted by Gasteiger charge is 2.45. The fourth-order valence-corrected chi connectivity index (χ4v) is 4.36. The largest absolute Gasteiger partial charge is 0.489 e. The zero-order valence-electron chi connectivity index (χ0n) is 19.8. The van der Waals surface area contributed by atoms with Crippen molar-refractivity contribution in [1.82, 2.24) is 31.4 Å². The molecule has 0 fully saturated rings. The van der Waals surface area contributed by atoms with Crippen molar-refractivity contribution in [3.8, 4) is 5.75 Å². The maximum Gasteiger partial charge on any atom is 0.253 e. The SMILES string of the molecule is CC[C@H](C)[C@H](NC(C)=O)C(=O)N[C@H]1COc2cccc3c2N(C1=O)[C@H](C(=O)NCc1cn[nH]n1)C3. The first-order chi connectivity index (χ1) is 16.8. The molecule has 35 heavy (non-hydrogen) atoms. The molecule has 0 spiro atoms. The van der Waals surface area contributed by atoms with E-state index in [1.807, 2.05) is 19.9 Å². The van der Waals surface area contributed by atoms with Crippen LogP contribution in [0.3, 0.4) is 0 Å². The summed E-state index contributed by atoms with van der Waals surface area (Å²) in [6, 6.07) is 2.74. The fraction of sp³-hybridized carbons (Fsp3) is 0.478. The monoisotopic (exact) mass is 483 g/mol. The Morgan fingerprint density at radius 2 is 2.11 bits per heavy atom. The van der Waals surface area contributed by atoms with E-state index in [1.54, 1.807) is 12.1 Å². The van der Waals surface area contributed by atoms with Gasteiger partial charge in [0.2, 0.25) is 17.7 Å². The molecule has 4 atom stereocenters. The molecule has 0 bridgehead atoms. The number of carbonyl (C=O) groups is 4. The van der Waals surface area contributed by atoms with E-state index in [4.69, 9.17) is 4.74 Å². The highest BCUT2D eigenvalue weighted by atomic mass is 16.5. The smallest absolute Gasteiger partial charge is 0.253 e. The van der Waals surface area contributed by atoms with Gasteiger partial charge in [0, 0.05) is 13.3 Å². The molecular weight excluding hydrogens is 454 g/mol. The minimum atomic E-state index is -1.04. The molecule has 0 radical (unpaired) electrons. The Morgan fingerprint density at radius 1 is 1.31 bits per heavy atom. The normalized spacial score (nSPS) is 20.2. The van der Waals surface area contributed by atoms with Gasteiger partial charge in [0.15, 0.2) is 0 Å². The number of aromatic nitrogens is 3. The molecule has 12 nitrogen and oxygen atoms in total. The number of H-pyrrole nitrogens is 1. The number of nitrogens with one attached hydrogen (secondary N) is 4. The van der Waals surface area contributed by atoms with E-state index in [1.165, 1.54) is 18.0 Å². The number of hydrogen-bond donors (Lipinski definition) is 4. The maximum atomic E-state index is 13.7. The van der Waals surface area contributed by atoms with Crippen LogP contribution in [0, 0.1) is 5.92 Å². The third-order valence-corrected chi connectivity index (χ3v) is 6.37. The number of rotatable bonds is 8. The number of nitrogens with zero attached hydrogens (tertiary/aromatic N) is 3. The first-order valence-electron chi connectivity index (χ1n) is 11.6. The molecule has 186 valence electrons. The van der Waals surface area contributed by atoms with Crippen molar-refractivity contribution in [3.63, 3.8) is 0 Å². The minimum absolute atomic E-state index is 0.0991. The molecule has 2 aliphatic heterocycles. The zero-order valence-corrected chi connectivity index (χ0v) is 19.8. The topological polar surface area (TPSA) is 158 Å².